The second-order valence-electron chi connectivity index (χ2n) is 5.91. The third-order valence-electron chi connectivity index (χ3n) is 4.41. The van der Waals surface area contributed by atoms with Crippen molar-refractivity contribution in [2.24, 2.45) is 11.8 Å². The average molecular weight is 340 g/mol. The molecule has 2 rings (SSSR count). The van der Waals surface area contributed by atoms with E-state index in [9.17, 15) is 9.59 Å². The summed E-state index contributed by atoms with van der Waals surface area (Å²) in [4.78, 5) is 23.2. The van der Waals surface area contributed by atoms with Gasteiger partial charge >= 0.3 is 5.97 Å². The molecule has 23 heavy (non-hydrogen) atoms. The molecule has 1 amide bonds. The second-order valence-corrected chi connectivity index (χ2v) is 6.35. The molecule has 2 N–H and O–H groups in total. The monoisotopic (exact) mass is 339 g/mol. The number of amides is 1. The van der Waals surface area contributed by atoms with Crippen LogP contribution in [0.3, 0.4) is 0 Å². The number of halogens is 1. The number of hydrogen-bond acceptors (Lipinski definition) is 3. The molecule has 1 saturated carbocycles. The molecule has 0 radical (unpaired) electrons. The van der Waals surface area contributed by atoms with Gasteiger partial charge in [-0.1, -0.05) is 23.7 Å². The minimum Gasteiger partial charge on any atom is -0.481 e. The van der Waals surface area contributed by atoms with Crippen molar-refractivity contribution < 1.29 is 19.4 Å². The second kappa shape index (κ2) is 8.31. The quantitative estimate of drug-likeness (QED) is 0.835. The van der Waals surface area contributed by atoms with E-state index in [1.165, 1.54) is 0 Å². The molecule has 1 atom stereocenters. The summed E-state index contributed by atoms with van der Waals surface area (Å²) in [5.74, 6) is -1.21. The van der Waals surface area contributed by atoms with Crippen LogP contribution in [-0.2, 0) is 14.3 Å². The number of aliphatic carboxylic acids is 1. The van der Waals surface area contributed by atoms with Gasteiger partial charge < -0.3 is 15.2 Å². The molecule has 1 aromatic rings. The Bertz CT molecular complexity index is 555. The molecule has 0 bridgehead atoms. The van der Waals surface area contributed by atoms with E-state index in [1.54, 1.807) is 13.2 Å². The van der Waals surface area contributed by atoms with Gasteiger partial charge in [-0.2, -0.15) is 0 Å². The molecule has 0 heterocycles. The lowest BCUT2D eigenvalue weighted by molar-refractivity contribution is -0.144. The molecule has 0 aromatic heterocycles. The maximum Gasteiger partial charge on any atom is 0.306 e. The molecule has 126 valence electrons. The number of benzene rings is 1. The number of nitrogens with one attached hydrogen (secondary N) is 1. The standard InChI is InChI=1S/C17H22ClNO4/c1-23-15(13-3-2-4-14(18)9-13)10-19-16(20)11-5-7-12(8-6-11)17(21)22/h2-4,9,11-12,15H,5-8,10H2,1H3,(H,19,20)(H,21,22). The third-order valence-corrected chi connectivity index (χ3v) is 4.65. The van der Waals surface area contributed by atoms with Crippen LogP contribution in [0.4, 0.5) is 0 Å². The molecule has 0 spiro atoms. The highest BCUT2D eigenvalue weighted by atomic mass is 35.5. The van der Waals surface area contributed by atoms with Gasteiger partial charge in [-0.25, -0.2) is 0 Å². The Hall–Kier alpha value is -1.59. The van der Waals surface area contributed by atoms with Gasteiger partial charge in [0.2, 0.25) is 5.91 Å². The lowest BCUT2D eigenvalue weighted by atomic mass is 9.81. The number of carboxylic acid groups (broad SMARTS) is 1. The first-order chi connectivity index (χ1) is 11.0. The van der Waals surface area contributed by atoms with Gasteiger partial charge in [0.25, 0.3) is 0 Å². The van der Waals surface area contributed by atoms with Gasteiger partial charge in [0.15, 0.2) is 0 Å². The smallest absolute Gasteiger partial charge is 0.306 e. The van der Waals surface area contributed by atoms with Gasteiger partial charge in [0.1, 0.15) is 0 Å². The predicted octanol–water partition coefficient (Wildman–Crippen LogP) is 3.03. The van der Waals surface area contributed by atoms with Gasteiger partial charge in [-0.15, -0.1) is 0 Å². The van der Waals surface area contributed by atoms with Crippen LogP contribution in [0, 0.1) is 11.8 Å². The van der Waals surface area contributed by atoms with Crippen molar-refractivity contribution in [2.45, 2.75) is 31.8 Å². The van der Waals surface area contributed by atoms with E-state index in [0.29, 0.717) is 37.3 Å². The molecule has 1 aliphatic rings. The number of carboxylic acids is 1. The van der Waals surface area contributed by atoms with Crippen molar-refractivity contribution in [3.63, 3.8) is 0 Å². The first-order valence-electron chi connectivity index (χ1n) is 7.80. The van der Waals surface area contributed by atoms with E-state index in [2.05, 4.69) is 5.32 Å². The number of hydrogen-bond donors (Lipinski definition) is 2. The molecule has 1 aliphatic carbocycles. The summed E-state index contributed by atoms with van der Waals surface area (Å²) in [6.45, 7) is 0.370. The molecule has 6 heteroatoms. The van der Waals surface area contributed by atoms with Crippen LogP contribution in [0.1, 0.15) is 37.4 Å². The molecule has 0 aliphatic heterocycles. The van der Waals surface area contributed by atoms with Crippen molar-refractivity contribution >= 4 is 23.5 Å². The van der Waals surface area contributed by atoms with E-state index in [4.69, 9.17) is 21.4 Å². The van der Waals surface area contributed by atoms with Gasteiger partial charge in [0.05, 0.1) is 12.0 Å². The first kappa shape index (κ1) is 17.8. The minimum atomic E-state index is -0.760. The summed E-state index contributed by atoms with van der Waals surface area (Å²) < 4.78 is 5.43. The zero-order chi connectivity index (χ0) is 16.8. The number of carbonyl (C=O) groups excluding carboxylic acids is 1. The summed E-state index contributed by atoms with van der Waals surface area (Å²) in [6, 6.07) is 7.36. The van der Waals surface area contributed by atoms with E-state index in [0.717, 1.165) is 5.56 Å². The summed E-state index contributed by atoms with van der Waals surface area (Å²) in [5, 5.41) is 12.5. The fourth-order valence-electron chi connectivity index (χ4n) is 2.98. The Balaban J connectivity index is 1.85. The fraction of sp³-hybridized carbons (Fsp3) is 0.529. The lowest BCUT2D eigenvalue weighted by Gasteiger charge is -2.26. The minimum absolute atomic E-state index is 0.0297. The third kappa shape index (κ3) is 4.94. The highest BCUT2D eigenvalue weighted by Crippen LogP contribution is 2.29. The summed E-state index contributed by atoms with van der Waals surface area (Å²) in [5.41, 5.74) is 0.912. The van der Waals surface area contributed by atoms with Gasteiger partial charge in [-0.05, 0) is 43.4 Å². The van der Waals surface area contributed by atoms with E-state index >= 15 is 0 Å². The Labute approximate surface area is 141 Å². The molecule has 5 nitrogen and oxygen atoms in total. The molecule has 1 fully saturated rings. The van der Waals surface area contributed by atoms with Crippen LogP contribution in [0.5, 0.6) is 0 Å². The van der Waals surface area contributed by atoms with E-state index in [1.807, 2.05) is 18.2 Å². The predicted molar refractivity (Wildman–Crippen MR) is 87.3 cm³/mol. The van der Waals surface area contributed by atoms with Crippen molar-refractivity contribution in [3.8, 4) is 0 Å². The van der Waals surface area contributed by atoms with Crippen molar-refractivity contribution in [2.75, 3.05) is 13.7 Å². The molecule has 1 aromatic carbocycles. The first-order valence-corrected chi connectivity index (χ1v) is 8.17. The van der Waals surface area contributed by atoms with Crippen LogP contribution in [0.25, 0.3) is 0 Å². The summed E-state index contributed by atoms with van der Waals surface area (Å²) in [7, 11) is 1.59. The SMILES string of the molecule is COC(CNC(=O)C1CCC(C(=O)O)CC1)c1cccc(Cl)c1. The fourth-order valence-corrected chi connectivity index (χ4v) is 3.18. The van der Waals surface area contributed by atoms with E-state index < -0.39 is 5.97 Å². The summed E-state index contributed by atoms with van der Waals surface area (Å²) >= 11 is 5.98. The summed E-state index contributed by atoms with van der Waals surface area (Å²) in [6.07, 6.45) is 2.12. The zero-order valence-electron chi connectivity index (χ0n) is 13.1. The Morgan fingerprint density at radius 2 is 1.96 bits per heavy atom. The van der Waals surface area contributed by atoms with Crippen molar-refractivity contribution in [1.29, 1.82) is 0 Å². The van der Waals surface area contributed by atoms with Crippen LogP contribution >= 0.6 is 11.6 Å². The van der Waals surface area contributed by atoms with Crippen molar-refractivity contribution in [1.82, 2.24) is 5.32 Å². The Morgan fingerprint density at radius 3 is 2.52 bits per heavy atom. The van der Waals surface area contributed by atoms with Crippen LogP contribution in [0.2, 0.25) is 5.02 Å². The normalized spacial score (nSPS) is 22.3. The lowest BCUT2D eigenvalue weighted by Crippen LogP contribution is -2.36. The Morgan fingerprint density at radius 1 is 1.30 bits per heavy atom. The highest BCUT2D eigenvalue weighted by Gasteiger charge is 2.29. The molecule has 0 saturated heterocycles. The average Bonchev–Trinajstić information content (AvgIpc) is 2.55. The van der Waals surface area contributed by atoms with Crippen molar-refractivity contribution in [3.05, 3.63) is 34.9 Å². The maximum atomic E-state index is 12.3. The Kier molecular flexibility index (Phi) is 6.42. The zero-order valence-corrected chi connectivity index (χ0v) is 13.9. The molecular weight excluding hydrogens is 318 g/mol. The largest absolute Gasteiger partial charge is 0.481 e. The number of methoxy groups -OCH3 is 1. The number of carbonyl (C=O) groups is 2. The molecule has 1 unspecified atom stereocenters. The van der Waals surface area contributed by atoms with Gasteiger partial charge in [0, 0.05) is 24.6 Å². The van der Waals surface area contributed by atoms with Gasteiger partial charge in [-0.3, -0.25) is 9.59 Å². The van der Waals surface area contributed by atoms with Crippen LogP contribution in [0.15, 0.2) is 24.3 Å². The van der Waals surface area contributed by atoms with Crippen LogP contribution < -0.4 is 5.32 Å². The van der Waals surface area contributed by atoms with Crippen LogP contribution in [-0.4, -0.2) is 30.6 Å². The molecular formula is C17H22ClNO4. The highest BCUT2D eigenvalue weighted by molar-refractivity contribution is 6.30. The topological polar surface area (TPSA) is 75.6 Å². The number of rotatable bonds is 6. The maximum absolute atomic E-state index is 12.3. The number of ether oxygens (including phenoxy) is 1. The van der Waals surface area contributed by atoms with E-state index in [-0.39, 0.29) is 23.8 Å².